The van der Waals surface area contributed by atoms with Crippen molar-refractivity contribution in [3.63, 3.8) is 0 Å². The van der Waals surface area contributed by atoms with Crippen LogP contribution in [-0.4, -0.2) is 13.2 Å². The lowest BCUT2D eigenvalue weighted by Gasteiger charge is -2.14. The molecule has 0 aliphatic carbocycles. The van der Waals surface area contributed by atoms with Crippen LogP contribution in [0.5, 0.6) is 11.5 Å². The molecule has 3 nitrogen and oxygen atoms in total. The van der Waals surface area contributed by atoms with Crippen molar-refractivity contribution < 1.29 is 9.47 Å². The number of nitrogens with one attached hydrogen (secondary N) is 1. The standard InChI is InChI=1S/C24H26ClNO2.ClH/c1-2-27-24-16-20(17-26-15-14-19-8-4-3-5-9-19)12-13-23(24)28-18-21-10-6-7-11-22(21)25;/h3-13,16,26H,2,14-15,17-18H2,1H3;1H. The van der Waals surface area contributed by atoms with Gasteiger partial charge < -0.3 is 14.8 Å². The molecule has 3 aromatic rings. The Kier molecular flexibility index (Phi) is 9.85. The van der Waals surface area contributed by atoms with Gasteiger partial charge in [-0.1, -0.05) is 66.2 Å². The van der Waals surface area contributed by atoms with E-state index in [-0.39, 0.29) is 12.4 Å². The molecule has 0 aliphatic rings. The quantitative estimate of drug-likeness (QED) is 0.395. The molecule has 0 aliphatic heterocycles. The van der Waals surface area contributed by atoms with Crippen molar-refractivity contribution in [1.82, 2.24) is 5.32 Å². The summed E-state index contributed by atoms with van der Waals surface area (Å²) < 4.78 is 11.8. The van der Waals surface area contributed by atoms with Crippen molar-refractivity contribution >= 4 is 24.0 Å². The smallest absolute Gasteiger partial charge is 0.161 e. The Morgan fingerprint density at radius 2 is 1.59 bits per heavy atom. The van der Waals surface area contributed by atoms with Gasteiger partial charge in [-0.25, -0.2) is 0 Å². The van der Waals surface area contributed by atoms with Crippen LogP contribution in [0.1, 0.15) is 23.6 Å². The molecule has 0 unspecified atom stereocenters. The minimum Gasteiger partial charge on any atom is -0.490 e. The average molecular weight is 432 g/mol. The third kappa shape index (κ3) is 7.28. The van der Waals surface area contributed by atoms with Gasteiger partial charge in [0.25, 0.3) is 0 Å². The van der Waals surface area contributed by atoms with Gasteiger partial charge in [0.15, 0.2) is 11.5 Å². The molecule has 0 atom stereocenters. The Hall–Kier alpha value is -2.20. The Morgan fingerprint density at radius 3 is 2.34 bits per heavy atom. The zero-order valence-electron chi connectivity index (χ0n) is 16.6. The minimum absolute atomic E-state index is 0. The van der Waals surface area contributed by atoms with Gasteiger partial charge in [0.1, 0.15) is 6.61 Å². The van der Waals surface area contributed by atoms with E-state index in [0.29, 0.717) is 18.2 Å². The van der Waals surface area contributed by atoms with Gasteiger partial charge in [0.2, 0.25) is 0 Å². The van der Waals surface area contributed by atoms with Crippen molar-refractivity contribution in [3.8, 4) is 11.5 Å². The number of halogens is 2. The number of benzene rings is 3. The molecule has 0 radical (unpaired) electrons. The highest BCUT2D eigenvalue weighted by molar-refractivity contribution is 6.31. The molecule has 0 aromatic heterocycles. The fourth-order valence-electron chi connectivity index (χ4n) is 2.93. The fraction of sp³-hybridized carbons (Fsp3) is 0.250. The highest BCUT2D eigenvalue weighted by atomic mass is 35.5. The summed E-state index contributed by atoms with van der Waals surface area (Å²) in [5.41, 5.74) is 3.47. The van der Waals surface area contributed by atoms with E-state index in [9.17, 15) is 0 Å². The predicted molar refractivity (Wildman–Crippen MR) is 122 cm³/mol. The lowest BCUT2D eigenvalue weighted by molar-refractivity contribution is 0.269. The first-order valence-electron chi connectivity index (χ1n) is 9.63. The first-order chi connectivity index (χ1) is 13.8. The van der Waals surface area contributed by atoms with E-state index >= 15 is 0 Å². The van der Waals surface area contributed by atoms with Gasteiger partial charge in [-0.15, -0.1) is 12.4 Å². The molecule has 3 aromatic carbocycles. The molecule has 0 saturated heterocycles. The van der Waals surface area contributed by atoms with E-state index in [0.717, 1.165) is 36.6 Å². The highest BCUT2D eigenvalue weighted by Gasteiger charge is 2.08. The van der Waals surface area contributed by atoms with Gasteiger partial charge >= 0.3 is 0 Å². The summed E-state index contributed by atoms with van der Waals surface area (Å²) in [4.78, 5) is 0. The maximum Gasteiger partial charge on any atom is 0.161 e. The Labute approximate surface area is 184 Å². The molecule has 0 heterocycles. The summed E-state index contributed by atoms with van der Waals surface area (Å²) in [7, 11) is 0. The van der Waals surface area contributed by atoms with E-state index in [2.05, 4.69) is 35.6 Å². The van der Waals surface area contributed by atoms with Gasteiger partial charge in [-0.05, 0) is 49.2 Å². The summed E-state index contributed by atoms with van der Waals surface area (Å²) in [5, 5.41) is 4.20. The van der Waals surface area contributed by atoms with Gasteiger partial charge in [-0.3, -0.25) is 0 Å². The zero-order valence-corrected chi connectivity index (χ0v) is 18.1. The van der Waals surface area contributed by atoms with Crippen LogP contribution in [0.4, 0.5) is 0 Å². The van der Waals surface area contributed by atoms with Crippen LogP contribution >= 0.6 is 24.0 Å². The summed E-state index contributed by atoms with van der Waals surface area (Å²) in [5.74, 6) is 1.49. The Balaban J connectivity index is 0.00000300. The molecule has 29 heavy (non-hydrogen) atoms. The maximum atomic E-state index is 6.21. The van der Waals surface area contributed by atoms with Crippen molar-refractivity contribution in [2.75, 3.05) is 13.2 Å². The van der Waals surface area contributed by atoms with Crippen molar-refractivity contribution in [3.05, 3.63) is 94.5 Å². The van der Waals surface area contributed by atoms with Crippen LogP contribution in [0.3, 0.4) is 0 Å². The van der Waals surface area contributed by atoms with E-state index in [1.165, 1.54) is 11.1 Å². The zero-order chi connectivity index (χ0) is 19.6. The predicted octanol–water partition coefficient (Wildman–Crippen LogP) is 6.07. The molecule has 0 amide bonds. The summed E-state index contributed by atoms with van der Waals surface area (Å²) in [6.45, 7) is 4.70. The van der Waals surface area contributed by atoms with E-state index in [4.69, 9.17) is 21.1 Å². The van der Waals surface area contributed by atoms with Crippen LogP contribution in [0.25, 0.3) is 0 Å². The molecule has 3 rings (SSSR count). The van der Waals surface area contributed by atoms with Crippen LogP contribution in [0, 0.1) is 0 Å². The number of rotatable bonds is 10. The molecule has 0 bridgehead atoms. The topological polar surface area (TPSA) is 30.5 Å². The first kappa shape index (κ1) is 23.1. The largest absolute Gasteiger partial charge is 0.490 e. The third-order valence-electron chi connectivity index (χ3n) is 4.41. The first-order valence-corrected chi connectivity index (χ1v) is 10.0. The normalized spacial score (nSPS) is 10.3. The van der Waals surface area contributed by atoms with E-state index in [1.54, 1.807) is 0 Å². The number of hydrogen-bond donors (Lipinski definition) is 1. The maximum absolute atomic E-state index is 6.21. The second kappa shape index (κ2) is 12.4. The fourth-order valence-corrected chi connectivity index (χ4v) is 3.12. The van der Waals surface area contributed by atoms with Gasteiger partial charge in [-0.2, -0.15) is 0 Å². The minimum atomic E-state index is 0. The Bertz CT molecular complexity index is 872. The highest BCUT2D eigenvalue weighted by Crippen LogP contribution is 2.30. The lowest BCUT2D eigenvalue weighted by atomic mass is 10.1. The average Bonchev–Trinajstić information content (AvgIpc) is 2.73. The summed E-state index contributed by atoms with van der Waals surface area (Å²) in [6.07, 6.45) is 1.01. The third-order valence-corrected chi connectivity index (χ3v) is 4.78. The molecule has 1 N–H and O–H groups in total. The summed E-state index contributed by atoms with van der Waals surface area (Å²) in [6, 6.07) is 24.3. The molecule has 154 valence electrons. The van der Waals surface area contributed by atoms with Crippen LogP contribution in [0.15, 0.2) is 72.8 Å². The second-order valence-corrected chi connectivity index (χ2v) is 6.91. The molecular weight excluding hydrogens is 405 g/mol. The van der Waals surface area contributed by atoms with Crippen LogP contribution in [0.2, 0.25) is 5.02 Å². The monoisotopic (exact) mass is 431 g/mol. The van der Waals surface area contributed by atoms with Crippen molar-refractivity contribution in [2.24, 2.45) is 0 Å². The van der Waals surface area contributed by atoms with Crippen molar-refractivity contribution in [2.45, 2.75) is 26.5 Å². The summed E-state index contributed by atoms with van der Waals surface area (Å²) >= 11 is 6.21. The molecule has 0 saturated carbocycles. The second-order valence-electron chi connectivity index (χ2n) is 6.51. The molecule has 0 spiro atoms. The molecular formula is C24H27Cl2NO2. The molecule has 5 heteroatoms. The number of ether oxygens (including phenoxy) is 2. The van der Waals surface area contributed by atoms with Crippen LogP contribution < -0.4 is 14.8 Å². The van der Waals surface area contributed by atoms with Crippen LogP contribution in [-0.2, 0) is 19.6 Å². The Morgan fingerprint density at radius 1 is 0.828 bits per heavy atom. The number of hydrogen-bond acceptors (Lipinski definition) is 3. The van der Waals surface area contributed by atoms with E-state index < -0.39 is 0 Å². The van der Waals surface area contributed by atoms with E-state index in [1.807, 2.05) is 49.4 Å². The molecule has 0 fully saturated rings. The van der Waals surface area contributed by atoms with Gasteiger partial charge in [0.05, 0.1) is 6.61 Å². The SMILES string of the molecule is CCOc1cc(CNCCc2ccccc2)ccc1OCc1ccccc1Cl.Cl. The lowest BCUT2D eigenvalue weighted by Crippen LogP contribution is -2.16. The van der Waals surface area contributed by atoms with Crippen molar-refractivity contribution in [1.29, 1.82) is 0 Å². The van der Waals surface area contributed by atoms with Gasteiger partial charge in [0, 0.05) is 17.1 Å².